The molecule has 0 radical (unpaired) electrons. The summed E-state index contributed by atoms with van der Waals surface area (Å²) in [5, 5.41) is 18.3. The number of aliphatic carboxylic acids is 1. The molecule has 98 valence electrons. The van der Waals surface area contributed by atoms with Gasteiger partial charge in [0.25, 0.3) is 0 Å². The maximum Gasteiger partial charge on any atom is 0.336 e. The van der Waals surface area contributed by atoms with E-state index in [4.69, 9.17) is 5.11 Å². The van der Waals surface area contributed by atoms with Crippen molar-refractivity contribution in [2.45, 2.75) is 0 Å². The predicted molar refractivity (Wildman–Crippen MR) is 73.6 cm³/mol. The molecule has 20 heavy (non-hydrogen) atoms. The number of hydrogen-bond acceptors (Lipinski definition) is 2. The first kappa shape index (κ1) is 12.2. The monoisotopic (exact) mass is 266 g/mol. The van der Waals surface area contributed by atoms with Gasteiger partial charge in [-0.15, -0.1) is 0 Å². The molecule has 2 N–H and O–H groups in total. The lowest BCUT2D eigenvalue weighted by molar-refractivity contribution is -0.131. The van der Waals surface area contributed by atoms with Crippen LogP contribution in [0.25, 0.3) is 16.7 Å². The van der Waals surface area contributed by atoms with Crippen LogP contribution in [0.4, 0.5) is 0 Å². The molecule has 2 aromatic rings. The van der Waals surface area contributed by atoms with Crippen molar-refractivity contribution in [3.05, 3.63) is 65.2 Å². The quantitative estimate of drug-likeness (QED) is 0.699. The number of aromatic carboxylic acids is 1. The average Bonchev–Trinajstić information content (AvgIpc) is 2.73. The Morgan fingerprint density at radius 1 is 0.850 bits per heavy atom. The Bertz CT molecular complexity index is 772. The van der Waals surface area contributed by atoms with Crippen molar-refractivity contribution in [3.63, 3.8) is 0 Å². The Kier molecular flexibility index (Phi) is 2.64. The van der Waals surface area contributed by atoms with Crippen molar-refractivity contribution < 1.29 is 19.8 Å². The average molecular weight is 266 g/mol. The third-order valence-corrected chi connectivity index (χ3v) is 3.34. The molecular formula is C16H10O4. The van der Waals surface area contributed by atoms with E-state index in [1.807, 2.05) is 18.2 Å². The SMILES string of the molecule is O=C(O)/C=C1\c2ccccc2-c2cccc(C(=O)O)c21. The maximum absolute atomic E-state index is 11.4. The lowest BCUT2D eigenvalue weighted by atomic mass is 9.98. The van der Waals surface area contributed by atoms with Crippen LogP contribution in [-0.4, -0.2) is 22.2 Å². The number of fused-ring (bicyclic) bond motifs is 3. The summed E-state index contributed by atoms with van der Waals surface area (Å²) in [7, 11) is 0. The lowest BCUT2D eigenvalue weighted by Crippen LogP contribution is -2.02. The maximum atomic E-state index is 11.4. The first-order valence-corrected chi connectivity index (χ1v) is 6.00. The van der Waals surface area contributed by atoms with Crippen LogP contribution >= 0.6 is 0 Å². The van der Waals surface area contributed by atoms with Gasteiger partial charge >= 0.3 is 11.9 Å². The van der Waals surface area contributed by atoms with E-state index >= 15 is 0 Å². The van der Waals surface area contributed by atoms with Gasteiger partial charge in [0.05, 0.1) is 5.56 Å². The second-order valence-electron chi connectivity index (χ2n) is 4.48. The Balaban J connectivity index is 2.40. The third kappa shape index (κ3) is 1.70. The van der Waals surface area contributed by atoms with E-state index in [9.17, 15) is 14.7 Å². The summed E-state index contributed by atoms with van der Waals surface area (Å²) < 4.78 is 0. The molecule has 1 aliphatic carbocycles. The van der Waals surface area contributed by atoms with Crippen molar-refractivity contribution in [2.24, 2.45) is 0 Å². The standard InChI is InChI=1S/C16H10O4/c17-14(18)8-13-10-5-2-1-4-9(10)11-6-3-7-12(15(11)13)16(19)20/h1-8H,(H,17,18)(H,19,20)/b13-8+. The summed E-state index contributed by atoms with van der Waals surface area (Å²) in [6.07, 6.45) is 1.07. The van der Waals surface area contributed by atoms with Gasteiger partial charge in [-0.3, -0.25) is 0 Å². The number of hydrogen-bond donors (Lipinski definition) is 2. The Morgan fingerprint density at radius 2 is 1.50 bits per heavy atom. The zero-order valence-electron chi connectivity index (χ0n) is 10.3. The summed E-state index contributed by atoms with van der Waals surface area (Å²) in [5.74, 6) is -2.16. The molecule has 0 spiro atoms. The van der Waals surface area contributed by atoms with Gasteiger partial charge in [-0.1, -0.05) is 36.4 Å². The van der Waals surface area contributed by atoms with Crippen molar-refractivity contribution in [1.82, 2.24) is 0 Å². The van der Waals surface area contributed by atoms with Crippen molar-refractivity contribution in [2.75, 3.05) is 0 Å². The number of carboxylic acid groups (broad SMARTS) is 2. The molecule has 0 atom stereocenters. The molecule has 0 aromatic heterocycles. The van der Waals surface area contributed by atoms with Gasteiger partial charge in [0, 0.05) is 11.6 Å². The first-order chi connectivity index (χ1) is 9.59. The van der Waals surface area contributed by atoms with Crippen molar-refractivity contribution >= 4 is 17.5 Å². The van der Waals surface area contributed by atoms with Crippen LogP contribution in [0, 0.1) is 0 Å². The molecule has 1 aliphatic rings. The van der Waals surface area contributed by atoms with Gasteiger partial charge < -0.3 is 10.2 Å². The van der Waals surface area contributed by atoms with E-state index in [0.717, 1.165) is 22.8 Å². The van der Waals surface area contributed by atoms with Gasteiger partial charge in [-0.05, 0) is 28.3 Å². The molecule has 3 rings (SSSR count). The normalized spacial score (nSPS) is 13.9. The molecule has 4 nitrogen and oxygen atoms in total. The minimum Gasteiger partial charge on any atom is -0.478 e. The van der Waals surface area contributed by atoms with Gasteiger partial charge in [0.15, 0.2) is 0 Å². The second kappa shape index (κ2) is 4.35. The molecule has 0 saturated heterocycles. The molecule has 2 aromatic carbocycles. The van der Waals surface area contributed by atoms with E-state index in [0.29, 0.717) is 11.1 Å². The summed E-state index contributed by atoms with van der Waals surface area (Å²) in [4.78, 5) is 22.4. The minimum absolute atomic E-state index is 0.117. The zero-order chi connectivity index (χ0) is 14.3. The number of carboxylic acids is 2. The number of carbonyl (C=O) groups is 2. The first-order valence-electron chi connectivity index (χ1n) is 6.00. The highest BCUT2D eigenvalue weighted by Gasteiger charge is 2.28. The fraction of sp³-hybridized carbons (Fsp3) is 0. The van der Waals surface area contributed by atoms with Crippen molar-refractivity contribution in [1.29, 1.82) is 0 Å². The van der Waals surface area contributed by atoms with E-state index in [-0.39, 0.29) is 5.56 Å². The molecule has 0 heterocycles. The van der Waals surface area contributed by atoms with Gasteiger partial charge in [-0.25, -0.2) is 9.59 Å². The summed E-state index contributed by atoms with van der Waals surface area (Å²) in [6.45, 7) is 0. The summed E-state index contributed by atoms with van der Waals surface area (Å²) >= 11 is 0. The van der Waals surface area contributed by atoms with Gasteiger partial charge in [0.1, 0.15) is 0 Å². The van der Waals surface area contributed by atoms with Crippen LogP contribution in [0.1, 0.15) is 21.5 Å². The number of benzene rings is 2. The van der Waals surface area contributed by atoms with Crippen molar-refractivity contribution in [3.8, 4) is 11.1 Å². The Labute approximate surface area is 114 Å². The van der Waals surface area contributed by atoms with E-state index in [2.05, 4.69) is 0 Å². The highest BCUT2D eigenvalue weighted by molar-refractivity contribution is 6.11. The highest BCUT2D eigenvalue weighted by Crippen LogP contribution is 2.45. The molecule has 0 saturated carbocycles. The predicted octanol–water partition coefficient (Wildman–Crippen LogP) is 2.88. The van der Waals surface area contributed by atoms with Gasteiger partial charge in [-0.2, -0.15) is 0 Å². The molecule has 0 fully saturated rings. The van der Waals surface area contributed by atoms with Crippen LogP contribution in [0.5, 0.6) is 0 Å². The van der Waals surface area contributed by atoms with Gasteiger partial charge in [0.2, 0.25) is 0 Å². The smallest absolute Gasteiger partial charge is 0.336 e. The molecule has 0 amide bonds. The zero-order valence-corrected chi connectivity index (χ0v) is 10.3. The molecule has 0 aliphatic heterocycles. The number of rotatable bonds is 2. The van der Waals surface area contributed by atoms with Crippen LogP contribution < -0.4 is 0 Å². The molecular weight excluding hydrogens is 256 g/mol. The van der Waals surface area contributed by atoms with Crippen LogP contribution in [0.3, 0.4) is 0 Å². The fourth-order valence-electron chi connectivity index (χ4n) is 2.61. The summed E-state index contributed by atoms with van der Waals surface area (Å²) in [6, 6.07) is 12.3. The van der Waals surface area contributed by atoms with Crippen LogP contribution in [0.15, 0.2) is 48.5 Å². The highest BCUT2D eigenvalue weighted by atomic mass is 16.4. The minimum atomic E-state index is -1.09. The lowest BCUT2D eigenvalue weighted by Gasteiger charge is -2.05. The van der Waals surface area contributed by atoms with E-state index < -0.39 is 11.9 Å². The van der Waals surface area contributed by atoms with Crippen LogP contribution in [-0.2, 0) is 4.79 Å². The molecule has 4 heteroatoms. The molecule has 0 bridgehead atoms. The fourth-order valence-corrected chi connectivity index (χ4v) is 2.61. The van der Waals surface area contributed by atoms with Crippen LogP contribution in [0.2, 0.25) is 0 Å². The summed E-state index contributed by atoms with van der Waals surface area (Å²) in [5.41, 5.74) is 3.40. The Morgan fingerprint density at radius 3 is 2.15 bits per heavy atom. The van der Waals surface area contributed by atoms with E-state index in [1.165, 1.54) is 6.07 Å². The second-order valence-corrected chi connectivity index (χ2v) is 4.48. The molecule has 0 unspecified atom stereocenters. The topological polar surface area (TPSA) is 74.6 Å². The third-order valence-electron chi connectivity index (χ3n) is 3.34. The Hall–Kier alpha value is -2.88. The largest absolute Gasteiger partial charge is 0.478 e. The van der Waals surface area contributed by atoms with E-state index in [1.54, 1.807) is 18.2 Å².